The Bertz CT molecular complexity index is 1740. The number of hydrogen-bond donors (Lipinski definition) is 1. The van der Waals surface area contributed by atoms with Gasteiger partial charge < -0.3 is 15.0 Å². The van der Waals surface area contributed by atoms with Crippen molar-refractivity contribution in [1.29, 1.82) is 0 Å². The topological polar surface area (TPSA) is 96.0 Å². The van der Waals surface area contributed by atoms with Gasteiger partial charge in [0.1, 0.15) is 18.3 Å². The van der Waals surface area contributed by atoms with Crippen LogP contribution in [0.2, 0.25) is 5.02 Å². The Morgan fingerprint density at radius 2 is 1.48 bits per heavy atom. The molecule has 0 spiro atoms. The van der Waals surface area contributed by atoms with E-state index >= 15 is 0 Å². The Hall–Kier alpha value is -4.34. The minimum Gasteiger partial charge on any atom is -0.497 e. The number of aryl methyl sites for hydroxylation is 1. The highest BCUT2D eigenvalue weighted by Gasteiger charge is 2.36. The van der Waals surface area contributed by atoms with Gasteiger partial charge in [-0.05, 0) is 81.3 Å². The fourth-order valence-electron chi connectivity index (χ4n) is 4.93. The molecule has 0 radical (unpaired) electrons. The maximum Gasteiger partial charge on any atom is 0.264 e. The summed E-state index contributed by atoms with van der Waals surface area (Å²) in [5.74, 6) is -0.435. The fourth-order valence-corrected chi connectivity index (χ4v) is 6.54. The number of methoxy groups -OCH3 is 1. The van der Waals surface area contributed by atoms with Gasteiger partial charge in [0.15, 0.2) is 0 Å². The molecule has 4 rings (SSSR count). The Balaban J connectivity index is 1.82. The number of ether oxygens (including phenoxy) is 1. The third-order valence-electron chi connectivity index (χ3n) is 7.32. The summed E-state index contributed by atoms with van der Waals surface area (Å²) in [5.41, 5.74) is 2.12. The number of rotatable bonds is 12. The zero-order valence-electron chi connectivity index (χ0n) is 26.7. The summed E-state index contributed by atoms with van der Waals surface area (Å²) in [6, 6.07) is 28.4. The zero-order valence-corrected chi connectivity index (χ0v) is 28.3. The number of nitrogens with one attached hydrogen (secondary N) is 1. The molecule has 2 amide bonds. The van der Waals surface area contributed by atoms with E-state index in [1.54, 1.807) is 60.7 Å². The monoisotopic (exact) mass is 661 g/mol. The Morgan fingerprint density at radius 3 is 2.07 bits per heavy atom. The highest BCUT2D eigenvalue weighted by atomic mass is 35.5. The van der Waals surface area contributed by atoms with Crippen LogP contribution >= 0.6 is 11.6 Å². The average molecular weight is 662 g/mol. The molecule has 10 heteroatoms. The highest BCUT2D eigenvalue weighted by Crippen LogP contribution is 2.27. The van der Waals surface area contributed by atoms with E-state index in [0.29, 0.717) is 22.0 Å². The maximum atomic E-state index is 14.6. The van der Waals surface area contributed by atoms with Gasteiger partial charge in [-0.1, -0.05) is 77.8 Å². The normalized spacial score (nSPS) is 12.2. The van der Waals surface area contributed by atoms with Crippen molar-refractivity contribution in [3.05, 3.63) is 125 Å². The van der Waals surface area contributed by atoms with Crippen molar-refractivity contribution in [2.24, 2.45) is 0 Å². The molecule has 0 aliphatic rings. The summed E-state index contributed by atoms with van der Waals surface area (Å²) >= 11 is 6.56. The zero-order chi connectivity index (χ0) is 33.5. The quantitative estimate of drug-likeness (QED) is 0.189. The van der Waals surface area contributed by atoms with Gasteiger partial charge in [-0.2, -0.15) is 0 Å². The van der Waals surface area contributed by atoms with Crippen LogP contribution in [0.25, 0.3) is 0 Å². The van der Waals surface area contributed by atoms with E-state index in [9.17, 15) is 18.0 Å². The number of anilines is 1. The minimum atomic E-state index is -4.23. The van der Waals surface area contributed by atoms with Crippen LogP contribution in [-0.2, 0) is 32.6 Å². The van der Waals surface area contributed by atoms with Crippen molar-refractivity contribution < 1.29 is 22.7 Å². The summed E-state index contributed by atoms with van der Waals surface area (Å²) in [7, 11) is -2.74. The summed E-state index contributed by atoms with van der Waals surface area (Å²) in [6.45, 7) is 6.92. The smallest absolute Gasteiger partial charge is 0.264 e. The van der Waals surface area contributed by atoms with Crippen LogP contribution < -0.4 is 14.4 Å². The third-order valence-corrected chi connectivity index (χ3v) is 9.47. The number of carbonyl (C=O) groups excluding carboxylic acids is 2. The van der Waals surface area contributed by atoms with Crippen molar-refractivity contribution in [3.63, 3.8) is 0 Å². The van der Waals surface area contributed by atoms with Crippen LogP contribution in [0.3, 0.4) is 0 Å². The SMILES string of the molecule is COc1ccc(S(=O)(=O)N(CC(=O)N(Cc2ccccc2Cl)[C@H](Cc2ccccc2)C(=O)NC(C)(C)C)c2ccc(C)cc2)cc1. The van der Waals surface area contributed by atoms with Crippen molar-refractivity contribution in [2.75, 3.05) is 18.0 Å². The fraction of sp³-hybridized carbons (Fsp3) is 0.278. The van der Waals surface area contributed by atoms with Gasteiger partial charge in [0, 0.05) is 23.5 Å². The van der Waals surface area contributed by atoms with E-state index in [4.69, 9.17) is 16.3 Å². The van der Waals surface area contributed by atoms with E-state index in [0.717, 1.165) is 15.4 Å². The molecule has 1 atom stereocenters. The highest BCUT2D eigenvalue weighted by molar-refractivity contribution is 7.92. The molecule has 4 aromatic carbocycles. The molecule has 242 valence electrons. The molecule has 46 heavy (non-hydrogen) atoms. The number of carbonyl (C=O) groups is 2. The number of benzene rings is 4. The summed E-state index contributed by atoms with van der Waals surface area (Å²) < 4.78 is 34.7. The first-order chi connectivity index (χ1) is 21.8. The molecular weight excluding hydrogens is 622 g/mol. The van der Waals surface area contributed by atoms with Gasteiger partial charge in [0.25, 0.3) is 10.0 Å². The van der Waals surface area contributed by atoms with Crippen molar-refractivity contribution in [1.82, 2.24) is 10.2 Å². The largest absolute Gasteiger partial charge is 0.497 e. The molecule has 0 saturated carbocycles. The average Bonchev–Trinajstić information content (AvgIpc) is 3.02. The third kappa shape index (κ3) is 8.89. The van der Waals surface area contributed by atoms with E-state index in [1.165, 1.54) is 24.1 Å². The second-order valence-electron chi connectivity index (χ2n) is 12.1. The number of nitrogens with zero attached hydrogens (tertiary/aromatic N) is 2. The van der Waals surface area contributed by atoms with Crippen molar-refractivity contribution in [3.8, 4) is 5.75 Å². The first-order valence-electron chi connectivity index (χ1n) is 14.9. The van der Waals surface area contributed by atoms with E-state index in [-0.39, 0.29) is 23.8 Å². The first-order valence-corrected chi connectivity index (χ1v) is 16.7. The molecule has 0 bridgehead atoms. The lowest BCUT2D eigenvalue weighted by Crippen LogP contribution is -2.56. The van der Waals surface area contributed by atoms with Crippen LogP contribution in [0.4, 0.5) is 5.69 Å². The van der Waals surface area contributed by atoms with Crippen LogP contribution in [0.1, 0.15) is 37.5 Å². The molecule has 0 saturated heterocycles. The lowest BCUT2D eigenvalue weighted by atomic mass is 10.0. The van der Waals surface area contributed by atoms with E-state index in [1.807, 2.05) is 58.0 Å². The summed E-state index contributed by atoms with van der Waals surface area (Å²) in [6.07, 6.45) is 0.203. The van der Waals surface area contributed by atoms with Crippen LogP contribution in [0, 0.1) is 6.92 Å². The standard InChI is InChI=1S/C36H40ClN3O5S/c1-26-15-17-29(18-16-26)40(46(43,44)31-21-19-30(45-5)20-22-31)25-34(41)39(24-28-13-9-10-14-32(28)37)33(35(42)38-36(2,3)4)23-27-11-7-6-8-12-27/h6-22,33H,23-25H2,1-5H3,(H,38,42)/t33-/m1/s1. The summed E-state index contributed by atoms with van der Waals surface area (Å²) in [4.78, 5) is 30.0. The predicted octanol–water partition coefficient (Wildman–Crippen LogP) is 6.41. The minimum absolute atomic E-state index is 0.00867. The molecule has 0 fully saturated rings. The second kappa shape index (κ2) is 14.8. The Kier molecular flexibility index (Phi) is 11.1. The van der Waals surface area contributed by atoms with Crippen LogP contribution in [0.15, 0.2) is 108 Å². The van der Waals surface area contributed by atoms with E-state index < -0.39 is 34.1 Å². The van der Waals surface area contributed by atoms with Crippen LogP contribution in [0.5, 0.6) is 5.75 Å². The van der Waals surface area contributed by atoms with Gasteiger partial charge in [-0.15, -0.1) is 0 Å². The van der Waals surface area contributed by atoms with Gasteiger partial charge in [-0.3, -0.25) is 13.9 Å². The van der Waals surface area contributed by atoms with Gasteiger partial charge >= 0.3 is 0 Å². The molecular formula is C36H40ClN3O5S. The lowest BCUT2D eigenvalue weighted by Gasteiger charge is -2.35. The Morgan fingerprint density at radius 1 is 0.870 bits per heavy atom. The molecule has 4 aromatic rings. The number of sulfonamides is 1. The second-order valence-corrected chi connectivity index (χ2v) is 14.4. The van der Waals surface area contributed by atoms with E-state index in [2.05, 4.69) is 5.32 Å². The van der Waals surface area contributed by atoms with Crippen LogP contribution in [-0.4, -0.2) is 50.4 Å². The molecule has 0 aliphatic heterocycles. The van der Waals surface area contributed by atoms with Gasteiger partial charge in [-0.25, -0.2) is 8.42 Å². The molecule has 1 N–H and O–H groups in total. The number of hydrogen-bond acceptors (Lipinski definition) is 5. The molecule has 0 heterocycles. The summed E-state index contributed by atoms with van der Waals surface area (Å²) in [5, 5.41) is 3.45. The Labute approximate surface area is 277 Å². The maximum absolute atomic E-state index is 14.6. The van der Waals surface area contributed by atoms with Crippen molar-refractivity contribution in [2.45, 2.75) is 57.1 Å². The predicted molar refractivity (Wildman–Crippen MR) is 183 cm³/mol. The lowest BCUT2D eigenvalue weighted by molar-refractivity contribution is -0.140. The molecule has 0 unspecified atom stereocenters. The molecule has 8 nitrogen and oxygen atoms in total. The number of halogens is 1. The molecule has 0 aromatic heterocycles. The van der Waals surface area contributed by atoms with Crippen molar-refractivity contribution >= 4 is 39.1 Å². The van der Waals surface area contributed by atoms with Gasteiger partial charge in [0.2, 0.25) is 11.8 Å². The van der Waals surface area contributed by atoms with Gasteiger partial charge in [0.05, 0.1) is 17.7 Å². The molecule has 0 aliphatic carbocycles. The number of amides is 2. The first kappa shape index (κ1) is 34.5.